The SMILES string of the molecule is O=C(ON1C(=O)c2ccccc2C1=O)c1cccc(S(=O)(=O)Nc2ccc(F)cc2)c1. The van der Waals surface area contributed by atoms with Gasteiger partial charge in [-0.25, -0.2) is 17.6 Å². The summed E-state index contributed by atoms with van der Waals surface area (Å²) < 4.78 is 40.4. The Labute approximate surface area is 175 Å². The molecule has 1 heterocycles. The lowest BCUT2D eigenvalue weighted by molar-refractivity contribution is -0.0584. The number of sulfonamides is 1. The molecule has 1 N–H and O–H groups in total. The van der Waals surface area contributed by atoms with Crippen molar-refractivity contribution in [3.05, 3.63) is 95.3 Å². The first kappa shape index (κ1) is 20.2. The monoisotopic (exact) mass is 440 g/mol. The van der Waals surface area contributed by atoms with Crippen LogP contribution in [-0.2, 0) is 14.9 Å². The Kier molecular flexibility index (Phi) is 4.99. The molecule has 2 amide bonds. The molecule has 0 atom stereocenters. The van der Waals surface area contributed by atoms with E-state index in [2.05, 4.69) is 4.72 Å². The number of fused-ring (bicyclic) bond motifs is 1. The van der Waals surface area contributed by atoms with Gasteiger partial charge in [0.2, 0.25) is 0 Å². The molecule has 3 aromatic rings. The van der Waals surface area contributed by atoms with Crippen molar-refractivity contribution in [1.29, 1.82) is 0 Å². The first-order valence-electron chi connectivity index (χ1n) is 8.85. The van der Waals surface area contributed by atoms with Gasteiger partial charge in [0.1, 0.15) is 5.82 Å². The van der Waals surface area contributed by atoms with Crippen molar-refractivity contribution in [2.24, 2.45) is 0 Å². The average molecular weight is 440 g/mol. The molecule has 1 aliphatic rings. The highest BCUT2D eigenvalue weighted by Crippen LogP contribution is 2.24. The maximum absolute atomic E-state index is 13.0. The molecule has 0 aliphatic carbocycles. The van der Waals surface area contributed by atoms with Crippen LogP contribution in [0.3, 0.4) is 0 Å². The number of imide groups is 1. The van der Waals surface area contributed by atoms with Gasteiger partial charge in [0.05, 0.1) is 21.6 Å². The van der Waals surface area contributed by atoms with Gasteiger partial charge in [0, 0.05) is 5.69 Å². The summed E-state index contributed by atoms with van der Waals surface area (Å²) in [4.78, 5) is 41.8. The van der Waals surface area contributed by atoms with E-state index in [-0.39, 0.29) is 27.3 Å². The van der Waals surface area contributed by atoms with Crippen LogP contribution in [0.2, 0.25) is 0 Å². The summed E-state index contributed by atoms with van der Waals surface area (Å²) in [5.74, 6) is -3.21. The number of hydrogen-bond donors (Lipinski definition) is 1. The van der Waals surface area contributed by atoms with Gasteiger partial charge in [-0.05, 0) is 54.6 Å². The van der Waals surface area contributed by atoms with Gasteiger partial charge >= 0.3 is 5.97 Å². The molecule has 0 aromatic heterocycles. The van der Waals surface area contributed by atoms with Crippen LogP contribution < -0.4 is 4.72 Å². The predicted octanol–water partition coefficient (Wildman–Crippen LogP) is 2.99. The molecule has 0 saturated carbocycles. The summed E-state index contributed by atoms with van der Waals surface area (Å²) >= 11 is 0. The third-order valence-corrected chi connectivity index (χ3v) is 5.79. The molecule has 0 fully saturated rings. The van der Waals surface area contributed by atoms with Crippen molar-refractivity contribution in [3.63, 3.8) is 0 Å². The van der Waals surface area contributed by atoms with Gasteiger partial charge in [-0.3, -0.25) is 14.3 Å². The zero-order chi connectivity index (χ0) is 22.2. The zero-order valence-corrected chi connectivity index (χ0v) is 16.4. The minimum absolute atomic E-state index is 0.0973. The Balaban J connectivity index is 1.54. The molecule has 10 heteroatoms. The van der Waals surface area contributed by atoms with Crippen LogP contribution >= 0.6 is 0 Å². The molecule has 0 unspecified atom stereocenters. The van der Waals surface area contributed by atoms with Gasteiger partial charge in [-0.1, -0.05) is 23.3 Å². The Morgan fingerprint density at radius 3 is 2.10 bits per heavy atom. The highest BCUT2D eigenvalue weighted by molar-refractivity contribution is 7.92. The van der Waals surface area contributed by atoms with Crippen LogP contribution in [0.15, 0.2) is 77.7 Å². The molecular weight excluding hydrogens is 427 g/mol. The molecule has 0 spiro atoms. The Morgan fingerprint density at radius 2 is 1.48 bits per heavy atom. The van der Waals surface area contributed by atoms with E-state index in [0.29, 0.717) is 5.06 Å². The normalized spacial score (nSPS) is 13.1. The fourth-order valence-corrected chi connectivity index (χ4v) is 4.01. The maximum atomic E-state index is 13.0. The smallest absolute Gasteiger partial charge is 0.324 e. The number of nitrogens with one attached hydrogen (secondary N) is 1. The summed E-state index contributed by atoms with van der Waals surface area (Å²) in [5, 5.41) is 0.338. The highest BCUT2D eigenvalue weighted by atomic mass is 32.2. The standard InChI is InChI=1S/C21H13FN2O6S/c22-14-8-10-15(11-9-14)23-31(28,29)16-5-3-4-13(12-16)21(27)30-24-19(25)17-6-1-2-7-18(17)20(24)26/h1-12,23H. The molecule has 4 rings (SSSR count). The molecule has 1 aliphatic heterocycles. The number of halogens is 1. The van der Waals surface area contributed by atoms with E-state index in [0.717, 1.165) is 18.2 Å². The molecule has 156 valence electrons. The molecule has 8 nitrogen and oxygen atoms in total. The van der Waals surface area contributed by atoms with Gasteiger partial charge in [-0.2, -0.15) is 0 Å². The second-order valence-electron chi connectivity index (χ2n) is 6.47. The molecule has 0 bridgehead atoms. The molecule has 0 saturated heterocycles. The Hall–Kier alpha value is -4.05. The second kappa shape index (κ2) is 7.65. The fourth-order valence-electron chi connectivity index (χ4n) is 2.91. The highest BCUT2D eigenvalue weighted by Gasteiger charge is 2.38. The van der Waals surface area contributed by atoms with Crippen LogP contribution in [0.4, 0.5) is 10.1 Å². The number of carbonyl (C=O) groups excluding carboxylic acids is 3. The van der Waals surface area contributed by atoms with Crippen molar-refractivity contribution in [2.75, 3.05) is 4.72 Å². The molecular formula is C21H13FN2O6S. The minimum atomic E-state index is -4.10. The van der Waals surface area contributed by atoms with Crippen LogP contribution in [0.5, 0.6) is 0 Å². The van der Waals surface area contributed by atoms with Gasteiger partial charge in [0.15, 0.2) is 0 Å². The number of hydrogen-bond acceptors (Lipinski definition) is 6. The summed E-state index contributed by atoms with van der Waals surface area (Å²) in [6.07, 6.45) is 0. The summed E-state index contributed by atoms with van der Waals surface area (Å²) in [5.41, 5.74) is 0.124. The van der Waals surface area contributed by atoms with E-state index in [1.165, 1.54) is 42.5 Å². The van der Waals surface area contributed by atoms with E-state index in [1.54, 1.807) is 12.1 Å². The Morgan fingerprint density at radius 1 is 0.871 bits per heavy atom. The topological polar surface area (TPSA) is 110 Å². The van der Waals surface area contributed by atoms with E-state index in [9.17, 15) is 27.2 Å². The van der Waals surface area contributed by atoms with Crippen molar-refractivity contribution >= 4 is 33.5 Å². The second-order valence-corrected chi connectivity index (χ2v) is 8.15. The lowest BCUT2D eigenvalue weighted by atomic mass is 10.1. The number of rotatable bonds is 5. The van der Waals surface area contributed by atoms with Crippen LogP contribution in [-0.4, -0.2) is 31.3 Å². The lowest BCUT2D eigenvalue weighted by Gasteiger charge is -2.13. The number of benzene rings is 3. The van der Waals surface area contributed by atoms with Gasteiger partial charge < -0.3 is 4.84 Å². The zero-order valence-electron chi connectivity index (χ0n) is 15.6. The van der Waals surface area contributed by atoms with Gasteiger partial charge in [-0.15, -0.1) is 0 Å². The average Bonchev–Trinajstić information content (AvgIpc) is 3.00. The first-order chi connectivity index (χ1) is 14.8. The third-order valence-electron chi connectivity index (χ3n) is 4.41. The quantitative estimate of drug-likeness (QED) is 0.611. The predicted molar refractivity (Wildman–Crippen MR) is 106 cm³/mol. The number of amides is 2. The Bertz CT molecular complexity index is 1290. The van der Waals surface area contributed by atoms with E-state index in [4.69, 9.17) is 4.84 Å². The van der Waals surface area contributed by atoms with Crippen LogP contribution in [0.1, 0.15) is 31.1 Å². The van der Waals surface area contributed by atoms with Crippen LogP contribution in [0, 0.1) is 5.82 Å². The largest absolute Gasteiger partial charge is 0.363 e. The molecule has 31 heavy (non-hydrogen) atoms. The van der Waals surface area contributed by atoms with Crippen molar-refractivity contribution in [3.8, 4) is 0 Å². The van der Waals surface area contributed by atoms with Gasteiger partial charge in [0.25, 0.3) is 21.8 Å². The summed E-state index contributed by atoms with van der Waals surface area (Å²) in [7, 11) is -4.10. The first-order valence-corrected chi connectivity index (χ1v) is 10.3. The molecule has 3 aromatic carbocycles. The molecule has 0 radical (unpaired) electrons. The van der Waals surface area contributed by atoms with E-state index < -0.39 is 33.6 Å². The fraction of sp³-hybridized carbons (Fsp3) is 0. The van der Waals surface area contributed by atoms with E-state index in [1.807, 2.05) is 0 Å². The number of hydroxylamine groups is 2. The third kappa shape index (κ3) is 3.88. The van der Waals surface area contributed by atoms with E-state index >= 15 is 0 Å². The van der Waals surface area contributed by atoms with Crippen molar-refractivity contribution in [2.45, 2.75) is 4.90 Å². The summed E-state index contributed by atoms with van der Waals surface area (Å²) in [6.45, 7) is 0. The van der Waals surface area contributed by atoms with Crippen molar-refractivity contribution in [1.82, 2.24) is 5.06 Å². The number of anilines is 1. The van der Waals surface area contributed by atoms with Crippen molar-refractivity contribution < 1.29 is 32.0 Å². The maximum Gasteiger partial charge on any atom is 0.363 e. The number of carbonyl (C=O) groups is 3. The number of nitrogens with zero attached hydrogens (tertiary/aromatic N) is 1. The lowest BCUT2D eigenvalue weighted by Crippen LogP contribution is -2.32. The van der Waals surface area contributed by atoms with Crippen LogP contribution in [0.25, 0.3) is 0 Å². The minimum Gasteiger partial charge on any atom is -0.324 e. The summed E-state index contributed by atoms with van der Waals surface area (Å²) in [6, 6.07) is 15.5.